The number of benzene rings is 1. The Hall–Kier alpha value is -1.88. The predicted octanol–water partition coefficient (Wildman–Crippen LogP) is 1.87. The number of hydrogen-bond acceptors (Lipinski definition) is 3. The number of methoxy groups -OCH3 is 1. The molecule has 1 saturated heterocycles. The van der Waals surface area contributed by atoms with Gasteiger partial charge in [0.25, 0.3) is 5.91 Å². The van der Waals surface area contributed by atoms with Crippen LogP contribution >= 0.6 is 0 Å². The van der Waals surface area contributed by atoms with Crippen LogP contribution in [0.4, 0.5) is 0 Å². The lowest BCUT2D eigenvalue weighted by Crippen LogP contribution is -2.55. The van der Waals surface area contributed by atoms with Gasteiger partial charge in [0.2, 0.25) is 5.91 Å². The molecule has 5 nitrogen and oxygen atoms in total. The second-order valence-corrected chi connectivity index (χ2v) is 6.38. The lowest BCUT2D eigenvalue weighted by Gasteiger charge is -2.39. The van der Waals surface area contributed by atoms with Crippen molar-refractivity contribution < 1.29 is 14.3 Å². The molecule has 5 heteroatoms. The molecule has 0 bridgehead atoms. The molecule has 0 aromatic heterocycles. The zero-order valence-electron chi connectivity index (χ0n) is 14.4. The minimum Gasteiger partial charge on any atom is -0.364 e. The smallest absolute Gasteiger partial charge is 0.259 e. The maximum Gasteiger partial charge on any atom is 0.259 e. The molecule has 23 heavy (non-hydrogen) atoms. The molecular formula is C18H26N2O3. The van der Waals surface area contributed by atoms with E-state index in [1.807, 2.05) is 49.1 Å². The maximum atomic E-state index is 13.0. The Balaban J connectivity index is 2.08. The van der Waals surface area contributed by atoms with Crippen molar-refractivity contribution in [3.05, 3.63) is 35.9 Å². The summed E-state index contributed by atoms with van der Waals surface area (Å²) in [6, 6.07) is 9.53. The van der Waals surface area contributed by atoms with E-state index in [1.54, 1.807) is 18.9 Å². The molecule has 1 aliphatic heterocycles. The van der Waals surface area contributed by atoms with Gasteiger partial charge in [0.15, 0.2) is 5.60 Å². The number of amides is 2. The molecule has 0 aliphatic carbocycles. The largest absolute Gasteiger partial charge is 0.364 e. The number of nitrogens with zero attached hydrogens (tertiary/aromatic N) is 2. The van der Waals surface area contributed by atoms with E-state index in [0.717, 1.165) is 5.56 Å². The molecule has 1 aromatic rings. The Morgan fingerprint density at radius 1 is 1.04 bits per heavy atom. The highest BCUT2D eigenvalue weighted by Crippen LogP contribution is 2.27. The van der Waals surface area contributed by atoms with Gasteiger partial charge < -0.3 is 14.5 Å². The number of rotatable bonds is 4. The van der Waals surface area contributed by atoms with Crippen LogP contribution in [-0.4, -0.2) is 54.9 Å². The Labute approximate surface area is 138 Å². The Morgan fingerprint density at radius 2 is 1.57 bits per heavy atom. The van der Waals surface area contributed by atoms with Gasteiger partial charge in [-0.25, -0.2) is 0 Å². The average Bonchev–Trinajstić information content (AvgIpc) is 2.60. The molecule has 2 rings (SSSR count). The van der Waals surface area contributed by atoms with Crippen LogP contribution < -0.4 is 0 Å². The van der Waals surface area contributed by atoms with E-state index in [0.29, 0.717) is 26.2 Å². The number of hydrogen-bond donors (Lipinski definition) is 0. The summed E-state index contributed by atoms with van der Waals surface area (Å²) in [6.45, 7) is 7.85. The Morgan fingerprint density at radius 3 is 2.04 bits per heavy atom. The van der Waals surface area contributed by atoms with Gasteiger partial charge in [-0.2, -0.15) is 0 Å². The van der Waals surface area contributed by atoms with E-state index < -0.39 is 5.60 Å². The van der Waals surface area contributed by atoms with Crippen LogP contribution in [0.3, 0.4) is 0 Å². The molecule has 1 aliphatic rings. The van der Waals surface area contributed by atoms with E-state index in [-0.39, 0.29) is 17.7 Å². The molecule has 0 unspecified atom stereocenters. The second kappa shape index (κ2) is 7.13. The highest BCUT2D eigenvalue weighted by atomic mass is 16.5. The summed E-state index contributed by atoms with van der Waals surface area (Å²) in [5, 5.41) is 0. The second-order valence-electron chi connectivity index (χ2n) is 6.38. The average molecular weight is 318 g/mol. The number of carbonyl (C=O) groups excluding carboxylic acids is 2. The fourth-order valence-corrected chi connectivity index (χ4v) is 2.88. The summed E-state index contributed by atoms with van der Waals surface area (Å²) < 4.78 is 5.58. The zero-order valence-corrected chi connectivity index (χ0v) is 14.4. The zero-order chi connectivity index (χ0) is 17.0. The van der Waals surface area contributed by atoms with E-state index in [2.05, 4.69) is 0 Å². The van der Waals surface area contributed by atoms with Crippen LogP contribution in [0.15, 0.2) is 30.3 Å². The molecule has 0 N–H and O–H groups in total. The quantitative estimate of drug-likeness (QED) is 0.851. The van der Waals surface area contributed by atoms with E-state index >= 15 is 0 Å². The van der Waals surface area contributed by atoms with Crippen LogP contribution in [-0.2, 0) is 19.9 Å². The standard InChI is InChI=1S/C18H26N2O3/c1-14(2)16(21)19-10-12-20(13-11-19)17(22)18(3,23-4)15-8-6-5-7-9-15/h5-9,14H,10-13H2,1-4H3/t18-/m0/s1. The first-order valence-electron chi connectivity index (χ1n) is 8.09. The summed E-state index contributed by atoms with van der Waals surface area (Å²) in [5.74, 6) is 0.0864. The molecule has 126 valence electrons. The monoisotopic (exact) mass is 318 g/mol. The van der Waals surface area contributed by atoms with Crippen molar-refractivity contribution in [1.82, 2.24) is 9.80 Å². The van der Waals surface area contributed by atoms with Gasteiger partial charge in [0.1, 0.15) is 0 Å². The summed E-state index contributed by atoms with van der Waals surface area (Å²) in [6.07, 6.45) is 0. The van der Waals surface area contributed by atoms with Crippen LogP contribution in [0.2, 0.25) is 0 Å². The first-order chi connectivity index (χ1) is 10.9. The van der Waals surface area contributed by atoms with Crippen LogP contribution in [0.1, 0.15) is 26.3 Å². The van der Waals surface area contributed by atoms with Gasteiger partial charge in [0, 0.05) is 39.2 Å². The summed E-state index contributed by atoms with van der Waals surface area (Å²) in [5.41, 5.74) is -0.154. The van der Waals surface area contributed by atoms with Gasteiger partial charge >= 0.3 is 0 Å². The van der Waals surface area contributed by atoms with Crippen molar-refractivity contribution in [3.8, 4) is 0 Å². The molecule has 1 aromatic carbocycles. The fraction of sp³-hybridized carbons (Fsp3) is 0.556. The molecule has 1 atom stereocenters. The maximum absolute atomic E-state index is 13.0. The third-order valence-corrected chi connectivity index (χ3v) is 4.51. The van der Waals surface area contributed by atoms with E-state index in [4.69, 9.17) is 4.74 Å². The molecule has 1 heterocycles. The van der Waals surface area contributed by atoms with Gasteiger partial charge in [-0.3, -0.25) is 9.59 Å². The van der Waals surface area contributed by atoms with Crippen LogP contribution in [0.25, 0.3) is 0 Å². The summed E-state index contributed by atoms with van der Waals surface area (Å²) >= 11 is 0. The van der Waals surface area contributed by atoms with Crippen molar-refractivity contribution in [3.63, 3.8) is 0 Å². The first-order valence-corrected chi connectivity index (χ1v) is 8.09. The summed E-state index contributed by atoms with van der Waals surface area (Å²) in [7, 11) is 1.56. The Bertz CT molecular complexity index is 551. The van der Waals surface area contributed by atoms with Crippen LogP contribution in [0.5, 0.6) is 0 Å². The number of carbonyl (C=O) groups is 2. The van der Waals surface area contributed by atoms with E-state index in [9.17, 15) is 9.59 Å². The SMILES string of the molecule is CO[C@](C)(C(=O)N1CCN(C(=O)C(C)C)CC1)c1ccccc1. The first kappa shape index (κ1) is 17.5. The van der Waals surface area contributed by atoms with Gasteiger partial charge in [-0.1, -0.05) is 44.2 Å². The number of piperazine rings is 1. The molecule has 0 radical (unpaired) electrons. The minimum atomic E-state index is -0.995. The van der Waals surface area contributed by atoms with Crippen LogP contribution in [0, 0.1) is 5.92 Å². The van der Waals surface area contributed by atoms with Crippen molar-refractivity contribution in [2.45, 2.75) is 26.4 Å². The lowest BCUT2D eigenvalue weighted by atomic mass is 9.93. The van der Waals surface area contributed by atoms with Crippen molar-refractivity contribution in [1.29, 1.82) is 0 Å². The lowest BCUT2D eigenvalue weighted by molar-refractivity contribution is -0.158. The van der Waals surface area contributed by atoms with Crippen molar-refractivity contribution >= 4 is 11.8 Å². The van der Waals surface area contributed by atoms with Crippen molar-refractivity contribution in [2.24, 2.45) is 5.92 Å². The third kappa shape index (κ3) is 3.55. The van der Waals surface area contributed by atoms with Crippen molar-refractivity contribution in [2.75, 3.05) is 33.3 Å². The molecule has 0 spiro atoms. The molecular weight excluding hydrogens is 292 g/mol. The highest BCUT2D eigenvalue weighted by molar-refractivity contribution is 5.86. The molecule has 0 saturated carbocycles. The summed E-state index contributed by atoms with van der Waals surface area (Å²) in [4.78, 5) is 28.6. The fourth-order valence-electron chi connectivity index (χ4n) is 2.88. The van der Waals surface area contributed by atoms with Gasteiger partial charge in [-0.15, -0.1) is 0 Å². The predicted molar refractivity (Wildman–Crippen MR) is 88.8 cm³/mol. The third-order valence-electron chi connectivity index (χ3n) is 4.51. The normalized spacial score (nSPS) is 18.0. The highest BCUT2D eigenvalue weighted by Gasteiger charge is 2.39. The minimum absolute atomic E-state index is 0.00851. The molecule has 2 amide bonds. The van der Waals surface area contributed by atoms with E-state index in [1.165, 1.54) is 0 Å². The number of ether oxygens (including phenoxy) is 1. The Kier molecular flexibility index (Phi) is 5.42. The van der Waals surface area contributed by atoms with Gasteiger partial charge in [-0.05, 0) is 12.5 Å². The topological polar surface area (TPSA) is 49.9 Å². The molecule has 1 fully saturated rings. The van der Waals surface area contributed by atoms with Gasteiger partial charge in [0.05, 0.1) is 0 Å².